The molecule has 4 heterocycles. The topological polar surface area (TPSA) is 21.3 Å². The lowest BCUT2D eigenvalue weighted by atomic mass is 9.43. The number of benzene rings is 7. The lowest BCUT2D eigenvalue weighted by Crippen LogP contribution is -2.60. The van der Waals surface area contributed by atoms with Crippen molar-refractivity contribution in [1.29, 1.82) is 0 Å². The van der Waals surface area contributed by atoms with E-state index in [0.29, 0.717) is 0 Å². The third kappa shape index (κ3) is 5.69. The van der Waals surface area contributed by atoms with Gasteiger partial charge in [0.1, 0.15) is 11.2 Å². The number of fused-ring (bicyclic) bond motifs is 17. The summed E-state index contributed by atoms with van der Waals surface area (Å²) in [7, 11) is 0. The normalized spacial score (nSPS) is 17.4. The molecule has 7 aromatic carbocycles. The van der Waals surface area contributed by atoms with Crippen LogP contribution in [0.2, 0.25) is 0 Å². The SMILES string of the molecule is CC(C)(C)c1ccc(N2B3c4cc(C(C)(C)C)ccc4-n4c5ccc(C(C)(C)C)cc5c5c6oc7ccccc7c6c(c3c54)-c3cc4c(cc32)-c2cc3c(cc2C4(C)C)C(C)(C)CCC3(C)C)cc1. The predicted octanol–water partition coefficient (Wildman–Crippen LogP) is 16.5. The van der Waals surface area contributed by atoms with Gasteiger partial charge < -0.3 is 13.8 Å². The molecule has 0 saturated carbocycles. The Balaban J connectivity index is 1.24. The summed E-state index contributed by atoms with van der Waals surface area (Å²) in [5.41, 5.74) is 26.1. The molecule has 2 aliphatic heterocycles. The molecular weight excluding hydrogens is 836 g/mol. The fourth-order valence-corrected chi connectivity index (χ4v) is 13.4. The van der Waals surface area contributed by atoms with Crippen molar-refractivity contribution in [3.05, 3.63) is 148 Å². The number of aromatic nitrogens is 1. The van der Waals surface area contributed by atoms with Gasteiger partial charge in [-0.1, -0.05) is 158 Å². The highest BCUT2D eigenvalue weighted by Crippen LogP contribution is 2.59. The molecule has 0 spiro atoms. The van der Waals surface area contributed by atoms with E-state index in [-0.39, 0.29) is 39.3 Å². The van der Waals surface area contributed by atoms with Crippen molar-refractivity contribution < 1.29 is 4.42 Å². The summed E-state index contributed by atoms with van der Waals surface area (Å²) in [6, 6.07) is 43.6. The molecule has 69 heavy (non-hydrogen) atoms. The zero-order valence-electron chi connectivity index (χ0n) is 43.7. The minimum Gasteiger partial charge on any atom is -0.455 e. The second-order valence-corrected chi connectivity index (χ2v) is 26.5. The minimum absolute atomic E-state index is 0.0224. The molecule has 0 unspecified atom stereocenters. The van der Waals surface area contributed by atoms with Crippen LogP contribution in [0.5, 0.6) is 0 Å². The molecule has 2 aromatic heterocycles. The van der Waals surface area contributed by atoms with E-state index in [2.05, 4.69) is 222 Å². The maximum atomic E-state index is 7.31. The Morgan fingerprint density at radius 1 is 0.522 bits per heavy atom. The van der Waals surface area contributed by atoms with Crippen LogP contribution in [0.25, 0.3) is 71.7 Å². The zero-order valence-corrected chi connectivity index (χ0v) is 43.7. The van der Waals surface area contributed by atoms with Crippen molar-refractivity contribution >= 4 is 72.9 Å². The summed E-state index contributed by atoms with van der Waals surface area (Å²) < 4.78 is 9.93. The van der Waals surface area contributed by atoms with Gasteiger partial charge >= 0.3 is 6.85 Å². The number of anilines is 2. The van der Waals surface area contributed by atoms with Crippen molar-refractivity contribution in [3.63, 3.8) is 0 Å². The first-order chi connectivity index (χ1) is 32.4. The van der Waals surface area contributed by atoms with Crippen LogP contribution in [0, 0.1) is 0 Å². The molecule has 346 valence electrons. The Kier molecular flexibility index (Phi) is 8.26. The van der Waals surface area contributed by atoms with E-state index in [1.165, 1.54) is 135 Å². The summed E-state index contributed by atoms with van der Waals surface area (Å²) in [5, 5.41) is 4.87. The van der Waals surface area contributed by atoms with Crippen LogP contribution in [0.3, 0.4) is 0 Å². The Hall–Kier alpha value is -6.00. The Morgan fingerprint density at radius 2 is 1.10 bits per heavy atom. The van der Waals surface area contributed by atoms with Crippen molar-refractivity contribution in [2.24, 2.45) is 0 Å². The van der Waals surface area contributed by atoms with Gasteiger partial charge in [-0.25, -0.2) is 0 Å². The van der Waals surface area contributed by atoms with E-state index >= 15 is 0 Å². The van der Waals surface area contributed by atoms with Gasteiger partial charge in [-0.15, -0.1) is 0 Å². The Morgan fingerprint density at radius 3 is 1.78 bits per heavy atom. The Labute approximate surface area is 410 Å². The van der Waals surface area contributed by atoms with Gasteiger partial charge in [0.2, 0.25) is 0 Å². The molecule has 0 bridgehead atoms. The smallest absolute Gasteiger partial charge is 0.333 e. The lowest BCUT2D eigenvalue weighted by Gasteiger charge is -2.43. The lowest BCUT2D eigenvalue weighted by molar-refractivity contribution is 0.331. The number of rotatable bonds is 1. The van der Waals surface area contributed by atoms with Crippen LogP contribution in [-0.4, -0.2) is 11.4 Å². The summed E-state index contributed by atoms with van der Waals surface area (Å²) in [6.45, 7) is 35.8. The first-order valence-electron chi connectivity index (χ1n) is 25.8. The quantitative estimate of drug-likeness (QED) is 0.153. The molecule has 9 aromatic rings. The third-order valence-corrected chi connectivity index (χ3v) is 17.7. The molecule has 0 fully saturated rings. The van der Waals surface area contributed by atoms with Gasteiger partial charge in [-0.3, -0.25) is 0 Å². The second-order valence-electron chi connectivity index (χ2n) is 26.5. The zero-order chi connectivity index (χ0) is 48.4. The molecule has 0 radical (unpaired) electrons. The summed E-state index contributed by atoms with van der Waals surface area (Å²) in [5.74, 6) is 0. The average Bonchev–Trinajstić information content (AvgIpc) is 3.91. The monoisotopic (exact) mass is 903 g/mol. The number of nitrogens with zero attached hydrogens (tertiary/aromatic N) is 2. The fraction of sp³-hybridized carbons (Fsp3) is 0.354. The van der Waals surface area contributed by atoms with Crippen molar-refractivity contribution in [2.75, 3.05) is 4.81 Å². The third-order valence-electron chi connectivity index (χ3n) is 17.7. The van der Waals surface area contributed by atoms with E-state index in [9.17, 15) is 0 Å². The van der Waals surface area contributed by atoms with Crippen molar-refractivity contribution in [3.8, 4) is 27.9 Å². The van der Waals surface area contributed by atoms with Crippen LogP contribution < -0.4 is 15.7 Å². The molecule has 4 heteroatoms. The van der Waals surface area contributed by atoms with Crippen molar-refractivity contribution in [2.45, 2.75) is 149 Å². The summed E-state index contributed by atoms with van der Waals surface area (Å²) in [4.78, 5) is 2.75. The molecule has 3 nitrogen and oxygen atoms in total. The van der Waals surface area contributed by atoms with Gasteiger partial charge in [0.15, 0.2) is 0 Å². The van der Waals surface area contributed by atoms with E-state index in [4.69, 9.17) is 4.42 Å². The van der Waals surface area contributed by atoms with Crippen LogP contribution in [0.1, 0.15) is 156 Å². The summed E-state index contributed by atoms with van der Waals surface area (Å²) >= 11 is 0. The van der Waals surface area contributed by atoms with E-state index in [1.54, 1.807) is 0 Å². The van der Waals surface area contributed by atoms with Crippen LogP contribution in [-0.2, 0) is 32.5 Å². The first-order valence-corrected chi connectivity index (χ1v) is 25.8. The highest BCUT2D eigenvalue weighted by Gasteiger charge is 2.49. The van der Waals surface area contributed by atoms with Crippen LogP contribution >= 0.6 is 0 Å². The molecular formula is C65H67BN2O. The van der Waals surface area contributed by atoms with Gasteiger partial charge in [0.05, 0.1) is 16.4 Å². The number of hydrogen-bond donors (Lipinski definition) is 0. The fourth-order valence-electron chi connectivity index (χ4n) is 13.4. The second kappa shape index (κ2) is 13.2. The molecule has 0 amide bonds. The minimum atomic E-state index is -0.214. The molecule has 2 aliphatic carbocycles. The van der Waals surface area contributed by atoms with E-state index in [0.717, 1.165) is 11.2 Å². The number of para-hydroxylation sites is 1. The average molecular weight is 903 g/mol. The van der Waals surface area contributed by atoms with Gasteiger partial charge in [0, 0.05) is 44.2 Å². The van der Waals surface area contributed by atoms with Crippen LogP contribution in [0.4, 0.5) is 11.4 Å². The maximum Gasteiger partial charge on any atom is 0.333 e. The standard InChI is InChI=1S/C65H67BN2O/c1-60(2,3)36-20-24-39(25-21-36)68-52-34-42-41-32-47-48(64(12,13)29-28-63(47,10)11)35-46(41)65(14,15)45(42)33-44(52)54-55-40-18-16-17-19-53(40)69-59(55)56-43-30-37(61(4,5)6)22-26-50(43)67-51-27-23-38(62(7,8)9)31-49(51)66(68)57(54)58(56)67/h16-27,30-35H,28-29H2,1-15H3. The van der Waals surface area contributed by atoms with Gasteiger partial charge in [-0.2, -0.15) is 0 Å². The first kappa shape index (κ1) is 43.1. The Bertz CT molecular complexity index is 3750. The number of hydrogen-bond acceptors (Lipinski definition) is 2. The predicted molar refractivity (Wildman–Crippen MR) is 296 cm³/mol. The largest absolute Gasteiger partial charge is 0.455 e. The molecule has 0 atom stereocenters. The van der Waals surface area contributed by atoms with E-state index in [1.807, 2.05) is 0 Å². The highest BCUT2D eigenvalue weighted by molar-refractivity contribution is 6.94. The van der Waals surface area contributed by atoms with Crippen molar-refractivity contribution in [1.82, 2.24) is 4.57 Å². The van der Waals surface area contributed by atoms with Crippen LogP contribution in [0.15, 0.2) is 114 Å². The molecule has 0 saturated heterocycles. The number of furan rings is 1. The maximum absolute atomic E-state index is 7.31. The molecule has 0 N–H and O–H groups in total. The van der Waals surface area contributed by atoms with Gasteiger partial charge in [-0.05, 0) is 161 Å². The van der Waals surface area contributed by atoms with Gasteiger partial charge in [0.25, 0.3) is 0 Å². The highest BCUT2D eigenvalue weighted by atomic mass is 16.3. The molecule has 4 aliphatic rings. The molecule has 13 rings (SSSR count). The summed E-state index contributed by atoms with van der Waals surface area (Å²) in [6.07, 6.45) is 2.39. The van der Waals surface area contributed by atoms with E-state index < -0.39 is 0 Å².